The summed E-state index contributed by atoms with van der Waals surface area (Å²) in [4.78, 5) is 13.8. The Balaban J connectivity index is 1.48. The standard InChI is InChI=1S/C21H27N3O2/c25-23-21(9-10-22-11-12-24-13-15-26-16-14-24)20-8-4-7-19(17-20)18-5-2-1-3-6-18/h1-8,17,21-22H,9-16H2. The van der Waals surface area contributed by atoms with Crippen LogP contribution in [0.15, 0.2) is 59.8 Å². The van der Waals surface area contributed by atoms with Crippen LogP contribution in [0.3, 0.4) is 0 Å². The summed E-state index contributed by atoms with van der Waals surface area (Å²) in [5.41, 5.74) is 3.26. The van der Waals surface area contributed by atoms with Crippen LogP contribution in [-0.2, 0) is 4.74 Å². The summed E-state index contributed by atoms with van der Waals surface area (Å²) in [5, 5.41) is 6.80. The number of nitroso groups, excluding NO2 is 1. The van der Waals surface area contributed by atoms with Crippen LogP contribution in [0.25, 0.3) is 11.1 Å². The molecule has 1 unspecified atom stereocenters. The predicted molar refractivity (Wildman–Crippen MR) is 105 cm³/mol. The minimum Gasteiger partial charge on any atom is -0.379 e. The summed E-state index contributed by atoms with van der Waals surface area (Å²) in [6.07, 6.45) is 0.713. The molecule has 1 N–H and O–H groups in total. The van der Waals surface area contributed by atoms with Gasteiger partial charge in [0.1, 0.15) is 6.04 Å². The summed E-state index contributed by atoms with van der Waals surface area (Å²) in [6, 6.07) is 18.0. The minimum atomic E-state index is -0.311. The van der Waals surface area contributed by atoms with E-state index in [0.717, 1.165) is 62.6 Å². The van der Waals surface area contributed by atoms with Gasteiger partial charge in [0.2, 0.25) is 0 Å². The zero-order valence-electron chi connectivity index (χ0n) is 15.1. The van der Waals surface area contributed by atoms with Crippen LogP contribution >= 0.6 is 0 Å². The third-order valence-corrected chi connectivity index (χ3v) is 4.81. The van der Waals surface area contributed by atoms with Crippen LogP contribution < -0.4 is 5.32 Å². The fourth-order valence-corrected chi connectivity index (χ4v) is 3.26. The van der Waals surface area contributed by atoms with Crippen LogP contribution in [0, 0.1) is 4.91 Å². The highest BCUT2D eigenvalue weighted by molar-refractivity contribution is 5.64. The second kappa shape index (κ2) is 10.2. The van der Waals surface area contributed by atoms with E-state index in [4.69, 9.17) is 4.74 Å². The lowest BCUT2D eigenvalue weighted by atomic mass is 9.98. The van der Waals surface area contributed by atoms with E-state index >= 15 is 0 Å². The summed E-state index contributed by atoms with van der Waals surface area (Å²) < 4.78 is 5.35. The van der Waals surface area contributed by atoms with Crippen molar-refractivity contribution in [1.82, 2.24) is 10.2 Å². The van der Waals surface area contributed by atoms with Gasteiger partial charge in [0.25, 0.3) is 0 Å². The monoisotopic (exact) mass is 353 g/mol. The second-order valence-corrected chi connectivity index (χ2v) is 6.61. The van der Waals surface area contributed by atoms with Crippen molar-refractivity contribution in [3.8, 4) is 11.1 Å². The number of hydrogen-bond donors (Lipinski definition) is 1. The van der Waals surface area contributed by atoms with Gasteiger partial charge in [-0.1, -0.05) is 53.7 Å². The highest BCUT2D eigenvalue weighted by Crippen LogP contribution is 2.26. The molecule has 0 radical (unpaired) electrons. The quantitative estimate of drug-likeness (QED) is 0.554. The highest BCUT2D eigenvalue weighted by atomic mass is 16.5. The molecule has 0 bridgehead atoms. The fourth-order valence-electron chi connectivity index (χ4n) is 3.26. The first-order valence-electron chi connectivity index (χ1n) is 9.35. The molecule has 1 aliphatic rings. The van der Waals surface area contributed by atoms with Gasteiger partial charge in [-0.15, -0.1) is 0 Å². The largest absolute Gasteiger partial charge is 0.379 e. The molecule has 1 saturated heterocycles. The van der Waals surface area contributed by atoms with E-state index in [-0.39, 0.29) is 6.04 Å². The molecule has 138 valence electrons. The van der Waals surface area contributed by atoms with Crippen molar-refractivity contribution in [2.24, 2.45) is 5.18 Å². The van der Waals surface area contributed by atoms with Crippen molar-refractivity contribution in [2.75, 3.05) is 45.9 Å². The van der Waals surface area contributed by atoms with Crippen molar-refractivity contribution in [2.45, 2.75) is 12.5 Å². The van der Waals surface area contributed by atoms with E-state index < -0.39 is 0 Å². The molecule has 0 spiro atoms. The van der Waals surface area contributed by atoms with E-state index in [0.29, 0.717) is 6.42 Å². The number of ether oxygens (including phenoxy) is 1. The Morgan fingerprint density at radius 2 is 1.77 bits per heavy atom. The Hall–Kier alpha value is -2.08. The second-order valence-electron chi connectivity index (χ2n) is 6.61. The lowest BCUT2D eigenvalue weighted by Crippen LogP contribution is -2.40. The third-order valence-electron chi connectivity index (χ3n) is 4.81. The number of nitrogens with zero attached hydrogens (tertiary/aromatic N) is 2. The fraction of sp³-hybridized carbons (Fsp3) is 0.429. The molecule has 5 heteroatoms. The molecular weight excluding hydrogens is 326 g/mol. The molecule has 0 aromatic heterocycles. The number of nitrogens with one attached hydrogen (secondary N) is 1. The summed E-state index contributed by atoms with van der Waals surface area (Å²) in [5.74, 6) is 0. The lowest BCUT2D eigenvalue weighted by molar-refractivity contribution is 0.0384. The number of morpholine rings is 1. The van der Waals surface area contributed by atoms with Crippen molar-refractivity contribution < 1.29 is 4.74 Å². The number of hydrogen-bond acceptors (Lipinski definition) is 5. The van der Waals surface area contributed by atoms with Gasteiger partial charge in [-0.3, -0.25) is 4.90 Å². The molecule has 0 aliphatic carbocycles. The summed E-state index contributed by atoms with van der Waals surface area (Å²) in [7, 11) is 0. The Labute approximate surface area is 155 Å². The van der Waals surface area contributed by atoms with Crippen LogP contribution in [-0.4, -0.2) is 50.8 Å². The van der Waals surface area contributed by atoms with Gasteiger partial charge in [0.15, 0.2) is 0 Å². The average Bonchev–Trinajstić information content (AvgIpc) is 2.72. The topological polar surface area (TPSA) is 53.9 Å². The molecule has 0 amide bonds. The molecule has 1 atom stereocenters. The van der Waals surface area contributed by atoms with Crippen molar-refractivity contribution in [3.05, 3.63) is 65.1 Å². The molecule has 0 saturated carbocycles. The summed E-state index contributed by atoms with van der Waals surface area (Å²) in [6.45, 7) is 6.40. The van der Waals surface area contributed by atoms with Crippen molar-refractivity contribution >= 4 is 0 Å². The molecule has 3 rings (SSSR count). The van der Waals surface area contributed by atoms with Gasteiger partial charge in [-0.2, -0.15) is 4.91 Å². The molecular formula is C21H27N3O2. The number of benzene rings is 2. The first-order valence-corrected chi connectivity index (χ1v) is 9.35. The van der Waals surface area contributed by atoms with Gasteiger partial charge >= 0.3 is 0 Å². The average molecular weight is 353 g/mol. The third kappa shape index (κ3) is 5.46. The van der Waals surface area contributed by atoms with E-state index in [1.807, 2.05) is 30.3 Å². The van der Waals surface area contributed by atoms with Gasteiger partial charge in [0, 0.05) is 26.2 Å². The van der Waals surface area contributed by atoms with E-state index in [9.17, 15) is 4.91 Å². The first-order chi connectivity index (χ1) is 12.9. The molecule has 1 aliphatic heterocycles. The Morgan fingerprint density at radius 3 is 2.54 bits per heavy atom. The molecule has 1 heterocycles. The molecule has 2 aromatic rings. The zero-order valence-corrected chi connectivity index (χ0v) is 15.1. The van der Waals surface area contributed by atoms with Crippen molar-refractivity contribution in [3.63, 3.8) is 0 Å². The van der Waals surface area contributed by atoms with E-state index in [1.165, 1.54) is 0 Å². The van der Waals surface area contributed by atoms with Gasteiger partial charge in [0.05, 0.1) is 13.2 Å². The molecule has 26 heavy (non-hydrogen) atoms. The molecule has 5 nitrogen and oxygen atoms in total. The zero-order chi connectivity index (χ0) is 18.0. The van der Waals surface area contributed by atoms with Crippen LogP contribution in [0.5, 0.6) is 0 Å². The van der Waals surface area contributed by atoms with Gasteiger partial charge in [-0.05, 0) is 35.7 Å². The maximum atomic E-state index is 11.4. The molecule has 1 fully saturated rings. The van der Waals surface area contributed by atoms with Crippen LogP contribution in [0.2, 0.25) is 0 Å². The van der Waals surface area contributed by atoms with E-state index in [2.05, 4.69) is 39.7 Å². The normalized spacial score (nSPS) is 16.3. The number of rotatable bonds is 9. The highest BCUT2D eigenvalue weighted by Gasteiger charge is 2.13. The Kier molecular flexibility index (Phi) is 7.31. The van der Waals surface area contributed by atoms with Crippen LogP contribution in [0.4, 0.5) is 0 Å². The Bertz CT molecular complexity index is 672. The van der Waals surface area contributed by atoms with Gasteiger partial charge < -0.3 is 10.1 Å². The van der Waals surface area contributed by atoms with Crippen LogP contribution in [0.1, 0.15) is 18.0 Å². The van der Waals surface area contributed by atoms with Crippen molar-refractivity contribution in [1.29, 1.82) is 0 Å². The SMILES string of the molecule is O=NC(CCNCCN1CCOCC1)c1cccc(-c2ccccc2)c1. The maximum absolute atomic E-state index is 11.4. The Morgan fingerprint density at radius 1 is 1.00 bits per heavy atom. The molecule has 2 aromatic carbocycles. The minimum absolute atomic E-state index is 0.311. The lowest BCUT2D eigenvalue weighted by Gasteiger charge is -2.26. The first kappa shape index (κ1) is 18.7. The van der Waals surface area contributed by atoms with Gasteiger partial charge in [-0.25, -0.2) is 0 Å². The van der Waals surface area contributed by atoms with E-state index in [1.54, 1.807) is 0 Å². The summed E-state index contributed by atoms with van der Waals surface area (Å²) >= 11 is 0. The smallest absolute Gasteiger partial charge is 0.118 e. The maximum Gasteiger partial charge on any atom is 0.118 e. The predicted octanol–water partition coefficient (Wildman–Crippen LogP) is 3.47.